The van der Waals surface area contributed by atoms with Crippen molar-refractivity contribution in [1.82, 2.24) is 24.5 Å². The lowest BCUT2D eigenvalue weighted by atomic mass is 10.1. The maximum absolute atomic E-state index is 13.6. The number of imidazole rings is 1. The Kier molecular flexibility index (Phi) is 10.5. The molecule has 12 nitrogen and oxygen atoms in total. The molecule has 3 aromatic heterocycles. The molecule has 0 aliphatic carbocycles. The minimum absolute atomic E-state index is 0.00114. The lowest BCUT2D eigenvalue weighted by Crippen LogP contribution is -2.14. The third-order valence-corrected chi connectivity index (χ3v) is 6.92. The van der Waals surface area contributed by atoms with Crippen molar-refractivity contribution in [1.29, 1.82) is 0 Å². The van der Waals surface area contributed by atoms with Crippen LogP contribution in [0.1, 0.15) is 27.2 Å². The number of rotatable bonds is 8. The first kappa shape index (κ1) is 33.7. The highest BCUT2D eigenvalue weighted by molar-refractivity contribution is 7.85. The van der Waals surface area contributed by atoms with Crippen molar-refractivity contribution in [2.75, 3.05) is 23.0 Å². The number of nitrogens with zero attached hydrogens (tertiary/aromatic N) is 5. The SMILES string of the molecule is Cc1cn(-c2cc(NC(=O)c3ccc(C)c(Nc4nccc(-c5cccnc5)n4)c3)cc(C(F)(F)F)c2)cn1.O=S(=O)(O)CCO. The van der Waals surface area contributed by atoms with Crippen molar-refractivity contribution in [2.45, 2.75) is 20.0 Å². The van der Waals surface area contributed by atoms with E-state index in [2.05, 4.69) is 30.6 Å². The lowest BCUT2D eigenvalue weighted by Gasteiger charge is -2.14. The fourth-order valence-electron chi connectivity index (χ4n) is 3.99. The number of aliphatic hydroxyl groups is 1. The van der Waals surface area contributed by atoms with Gasteiger partial charge in [-0.05, 0) is 67.9 Å². The van der Waals surface area contributed by atoms with Gasteiger partial charge in [0, 0.05) is 53.0 Å². The zero-order chi connectivity index (χ0) is 33.5. The first-order chi connectivity index (χ1) is 21.7. The van der Waals surface area contributed by atoms with Crippen LogP contribution in [0.2, 0.25) is 0 Å². The van der Waals surface area contributed by atoms with Crippen LogP contribution in [-0.4, -0.2) is 60.8 Å². The molecule has 3 heterocycles. The van der Waals surface area contributed by atoms with Gasteiger partial charge in [0.2, 0.25) is 5.95 Å². The molecule has 0 radical (unpaired) electrons. The zero-order valence-electron chi connectivity index (χ0n) is 24.4. The van der Waals surface area contributed by atoms with E-state index in [9.17, 15) is 26.4 Å². The Hall–Kier alpha value is -5.19. The van der Waals surface area contributed by atoms with Crippen molar-refractivity contribution in [3.05, 3.63) is 108 Å². The van der Waals surface area contributed by atoms with Crippen LogP contribution in [0.4, 0.5) is 30.5 Å². The summed E-state index contributed by atoms with van der Waals surface area (Å²) in [5.74, 6) is -0.835. The Morgan fingerprint density at radius 2 is 1.80 bits per heavy atom. The molecule has 0 bridgehead atoms. The molecule has 240 valence electrons. The number of carbonyl (C=O) groups excluding carboxylic acids is 1. The molecule has 0 saturated carbocycles. The van der Waals surface area contributed by atoms with E-state index < -0.39 is 40.1 Å². The standard InChI is InChI=1S/C28H22F3N7O.C2H6O4S/c1-17-5-6-19(10-25(17)37-27-33-9-7-24(36-27)20-4-3-8-32-14-20)26(39)35-22-11-21(28(29,30)31)12-23(13-22)38-15-18(2)34-16-38;3-1-2-7(4,5)6/h3-16H,1-2H3,(H,35,39)(H,33,36,37);3H,1-2H2,(H,4,5,6). The van der Waals surface area contributed by atoms with Crippen LogP contribution in [0.15, 0.2) is 85.7 Å². The molecule has 46 heavy (non-hydrogen) atoms. The van der Waals surface area contributed by atoms with Crippen LogP contribution in [0.5, 0.6) is 0 Å². The third kappa shape index (κ3) is 9.40. The first-order valence-electron chi connectivity index (χ1n) is 13.4. The summed E-state index contributed by atoms with van der Waals surface area (Å²) in [4.78, 5) is 30.1. The highest BCUT2D eigenvalue weighted by Gasteiger charge is 2.31. The largest absolute Gasteiger partial charge is 0.416 e. The average molecular weight is 656 g/mol. The summed E-state index contributed by atoms with van der Waals surface area (Å²) < 4.78 is 69.4. The molecule has 16 heteroatoms. The van der Waals surface area contributed by atoms with E-state index in [1.54, 1.807) is 62.0 Å². The summed E-state index contributed by atoms with van der Waals surface area (Å²) in [6, 6.07) is 13.7. The van der Waals surface area contributed by atoms with Gasteiger partial charge in [-0.3, -0.25) is 14.3 Å². The summed E-state index contributed by atoms with van der Waals surface area (Å²) >= 11 is 0. The maximum atomic E-state index is 13.6. The summed E-state index contributed by atoms with van der Waals surface area (Å²) in [5, 5.41) is 13.6. The quantitative estimate of drug-likeness (QED) is 0.162. The van der Waals surface area contributed by atoms with Crippen LogP contribution in [-0.2, 0) is 16.3 Å². The monoisotopic (exact) mass is 655 g/mol. The second-order valence-corrected chi connectivity index (χ2v) is 11.4. The van der Waals surface area contributed by atoms with E-state index >= 15 is 0 Å². The lowest BCUT2D eigenvalue weighted by molar-refractivity contribution is -0.137. The number of aliphatic hydroxyl groups excluding tert-OH is 1. The zero-order valence-corrected chi connectivity index (χ0v) is 25.2. The van der Waals surface area contributed by atoms with Crippen molar-refractivity contribution in [3.8, 4) is 16.9 Å². The molecular weight excluding hydrogens is 627 g/mol. The molecule has 4 N–H and O–H groups in total. The number of anilines is 3. The number of alkyl halides is 3. The topological polar surface area (TPSA) is 172 Å². The van der Waals surface area contributed by atoms with Gasteiger partial charge < -0.3 is 20.3 Å². The number of carbonyl (C=O) groups is 1. The Morgan fingerprint density at radius 1 is 1.02 bits per heavy atom. The van der Waals surface area contributed by atoms with Gasteiger partial charge in [0.1, 0.15) is 0 Å². The molecule has 0 atom stereocenters. The molecule has 1 amide bonds. The Bertz CT molecular complexity index is 1940. The number of pyridine rings is 1. The van der Waals surface area contributed by atoms with Crippen molar-refractivity contribution in [2.24, 2.45) is 0 Å². The van der Waals surface area contributed by atoms with Gasteiger partial charge in [0.25, 0.3) is 16.0 Å². The van der Waals surface area contributed by atoms with E-state index in [1.807, 2.05) is 13.0 Å². The smallest absolute Gasteiger partial charge is 0.395 e. The van der Waals surface area contributed by atoms with Gasteiger partial charge in [-0.2, -0.15) is 21.6 Å². The molecule has 2 aromatic carbocycles. The Morgan fingerprint density at radius 3 is 2.41 bits per heavy atom. The molecule has 0 spiro atoms. The highest BCUT2D eigenvalue weighted by Crippen LogP contribution is 2.33. The number of aromatic nitrogens is 5. The number of hydrogen-bond acceptors (Lipinski definition) is 9. The summed E-state index contributed by atoms with van der Waals surface area (Å²) in [7, 11) is -3.92. The second kappa shape index (κ2) is 14.3. The Balaban J connectivity index is 0.000000617. The van der Waals surface area contributed by atoms with Crippen molar-refractivity contribution < 1.29 is 36.0 Å². The van der Waals surface area contributed by atoms with Gasteiger partial charge in [0.15, 0.2) is 0 Å². The van der Waals surface area contributed by atoms with E-state index in [0.717, 1.165) is 23.3 Å². The maximum Gasteiger partial charge on any atom is 0.416 e. The van der Waals surface area contributed by atoms with Gasteiger partial charge in [-0.25, -0.2) is 15.0 Å². The van der Waals surface area contributed by atoms with Crippen LogP contribution in [0, 0.1) is 13.8 Å². The number of amides is 1. The first-order valence-corrected chi connectivity index (χ1v) is 15.0. The van der Waals surface area contributed by atoms with Gasteiger partial charge in [-0.1, -0.05) is 6.07 Å². The van der Waals surface area contributed by atoms with Crippen molar-refractivity contribution >= 4 is 33.3 Å². The van der Waals surface area contributed by atoms with Crippen molar-refractivity contribution in [3.63, 3.8) is 0 Å². The molecule has 0 aliphatic heterocycles. The van der Waals surface area contributed by atoms with Crippen LogP contribution in [0.25, 0.3) is 16.9 Å². The molecule has 0 saturated heterocycles. The molecule has 0 aliphatic rings. The normalized spacial score (nSPS) is 11.4. The number of benzene rings is 2. The van der Waals surface area contributed by atoms with Gasteiger partial charge >= 0.3 is 6.18 Å². The van der Waals surface area contributed by atoms with Crippen LogP contribution in [0.3, 0.4) is 0 Å². The summed E-state index contributed by atoms with van der Waals surface area (Å²) in [6.45, 7) is 3.05. The second-order valence-electron chi connectivity index (χ2n) is 9.81. The van der Waals surface area contributed by atoms with Crippen LogP contribution < -0.4 is 10.6 Å². The van der Waals surface area contributed by atoms with E-state index in [-0.39, 0.29) is 16.9 Å². The van der Waals surface area contributed by atoms with E-state index in [0.29, 0.717) is 23.0 Å². The van der Waals surface area contributed by atoms with Gasteiger partial charge in [0.05, 0.1) is 35.6 Å². The fraction of sp³-hybridized carbons (Fsp3) is 0.167. The molecule has 5 aromatic rings. The molecule has 5 rings (SSSR count). The fourth-order valence-corrected chi connectivity index (χ4v) is 4.22. The number of nitrogens with one attached hydrogen (secondary N) is 2. The third-order valence-electron chi connectivity index (χ3n) is 6.22. The number of halogens is 3. The summed E-state index contributed by atoms with van der Waals surface area (Å²) in [5.41, 5.74) is 3.09. The minimum atomic E-state index is -4.60. The highest BCUT2D eigenvalue weighted by atomic mass is 32.2. The van der Waals surface area contributed by atoms with E-state index in [4.69, 9.17) is 9.66 Å². The molecule has 0 unspecified atom stereocenters. The predicted octanol–water partition coefficient (Wildman–Crippen LogP) is 5.22. The number of hydrogen-bond donors (Lipinski definition) is 4. The average Bonchev–Trinajstić information content (AvgIpc) is 3.44. The number of aryl methyl sites for hydroxylation is 2. The summed E-state index contributed by atoms with van der Waals surface area (Å²) in [6.07, 6.45) is 3.38. The van der Waals surface area contributed by atoms with Gasteiger partial charge in [-0.15, -0.1) is 0 Å². The molecular formula is C30H28F3N7O5S. The van der Waals surface area contributed by atoms with E-state index in [1.165, 1.54) is 17.0 Å². The minimum Gasteiger partial charge on any atom is -0.395 e. The molecule has 0 fully saturated rings. The van der Waals surface area contributed by atoms with Crippen LogP contribution >= 0.6 is 0 Å². The predicted molar refractivity (Wildman–Crippen MR) is 164 cm³/mol. The Labute approximate surface area is 261 Å².